The van der Waals surface area contributed by atoms with Gasteiger partial charge in [-0.2, -0.15) is 5.10 Å². The maximum atomic E-state index is 13.3. The smallest absolute Gasteiger partial charge is 0.272 e. The number of hydrogen-bond acceptors (Lipinski definition) is 4. The Morgan fingerprint density at radius 1 is 1.17 bits per heavy atom. The molecule has 1 N–H and O–H groups in total. The van der Waals surface area contributed by atoms with Gasteiger partial charge in [0.25, 0.3) is 5.91 Å². The van der Waals surface area contributed by atoms with E-state index in [-0.39, 0.29) is 11.9 Å². The van der Waals surface area contributed by atoms with E-state index in [9.17, 15) is 4.79 Å². The first-order valence-corrected chi connectivity index (χ1v) is 9.82. The number of nitrogens with one attached hydrogen (secondary N) is 1. The minimum Gasteiger partial charge on any atom is -0.497 e. The van der Waals surface area contributed by atoms with Crippen molar-refractivity contribution in [3.05, 3.63) is 53.5 Å². The summed E-state index contributed by atoms with van der Waals surface area (Å²) in [7, 11) is 3.23. The van der Waals surface area contributed by atoms with Gasteiger partial charge in [0.2, 0.25) is 0 Å². The molecule has 1 atom stereocenters. The Hall–Kier alpha value is -3.22. The minimum absolute atomic E-state index is 0.0393. The van der Waals surface area contributed by atoms with Gasteiger partial charge >= 0.3 is 0 Å². The molecule has 0 spiro atoms. The fourth-order valence-corrected chi connectivity index (χ4v) is 4.12. The molecule has 0 unspecified atom stereocenters. The van der Waals surface area contributed by atoms with Crippen LogP contribution in [0, 0.1) is 6.92 Å². The van der Waals surface area contributed by atoms with Crippen LogP contribution in [0.1, 0.15) is 41.3 Å². The summed E-state index contributed by atoms with van der Waals surface area (Å²) in [5.74, 6) is 1.34. The van der Waals surface area contributed by atoms with Gasteiger partial charge in [0.15, 0.2) is 0 Å². The van der Waals surface area contributed by atoms with Gasteiger partial charge in [-0.15, -0.1) is 0 Å². The Labute approximate surface area is 170 Å². The lowest BCUT2D eigenvalue weighted by atomic mass is 10.1. The first-order valence-electron chi connectivity index (χ1n) is 9.82. The van der Waals surface area contributed by atoms with Crippen LogP contribution in [0.5, 0.6) is 11.5 Å². The number of H-pyrrole nitrogens is 1. The summed E-state index contributed by atoms with van der Waals surface area (Å²) in [5, 5.41) is 7.29. The average molecular weight is 394 g/mol. The fourth-order valence-electron chi connectivity index (χ4n) is 4.12. The summed E-state index contributed by atoms with van der Waals surface area (Å²) < 4.78 is 13.1. The van der Waals surface area contributed by atoms with E-state index in [1.165, 1.54) is 11.4 Å². The normalized spacial score (nSPS) is 15.9. The Bertz CT molecular complexity index is 1040. The maximum absolute atomic E-state index is 13.3. The zero-order chi connectivity index (χ0) is 20.5. The number of aromatic nitrogens is 3. The molecule has 29 heavy (non-hydrogen) atoms. The Balaban J connectivity index is 1.64. The van der Waals surface area contributed by atoms with Gasteiger partial charge in [-0.05, 0) is 49.7 Å². The van der Waals surface area contributed by atoms with Crippen LogP contribution in [-0.4, -0.2) is 46.3 Å². The monoisotopic (exact) mass is 394 g/mol. The highest BCUT2D eigenvalue weighted by atomic mass is 16.5. The van der Waals surface area contributed by atoms with Crippen molar-refractivity contribution >= 4 is 5.91 Å². The van der Waals surface area contributed by atoms with E-state index < -0.39 is 0 Å². The Morgan fingerprint density at radius 2 is 2.00 bits per heavy atom. The molecule has 7 heteroatoms. The highest BCUT2D eigenvalue weighted by molar-refractivity contribution is 5.94. The maximum Gasteiger partial charge on any atom is 0.272 e. The number of nitrogens with zero attached hydrogens (tertiary/aromatic N) is 3. The van der Waals surface area contributed by atoms with Crippen molar-refractivity contribution in [2.75, 3.05) is 20.8 Å². The molecule has 0 aliphatic carbocycles. The fraction of sp³-hybridized carbons (Fsp3) is 0.364. The van der Waals surface area contributed by atoms with E-state index in [4.69, 9.17) is 9.47 Å². The number of aromatic amines is 1. The van der Waals surface area contributed by atoms with Crippen LogP contribution < -0.4 is 9.47 Å². The van der Waals surface area contributed by atoms with Gasteiger partial charge in [0.05, 0.1) is 26.0 Å². The topological polar surface area (TPSA) is 72.4 Å². The molecule has 3 aromatic rings. The third-order valence-corrected chi connectivity index (χ3v) is 5.65. The summed E-state index contributed by atoms with van der Waals surface area (Å²) >= 11 is 0. The van der Waals surface area contributed by atoms with Crippen molar-refractivity contribution in [3.63, 3.8) is 0 Å². The number of amides is 1. The van der Waals surface area contributed by atoms with Gasteiger partial charge < -0.3 is 18.9 Å². The summed E-state index contributed by atoms with van der Waals surface area (Å²) in [6.45, 7) is 5.70. The first-order chi connectivity index (χ1) is 14.1. The Kier molecular flexibility index (Phi) is 5.05. The third kappa shape index (κ3) is 3.26. The molecule has 0 saturated carbocycles. The number of benzene rings is 1. The predicted octanol–water partition coefficient (Wildman–Crippen LogP) is 3.81. The van der Waals surface area contributed by atoms with Crippen LogP contribution in [0.4, 0.5) is 0 Å². The van der Waals surface area contributed by atoms with Crippen LogP contribution >= 0.6 is 0 Å². The Morgan fingerprint density at radius 3 is 2.72 bits per heavy atom. The highest BCUT2D eigenvalue weighted by Crippen LogP contribution is 2.34. The molecule has 0 saturated heterocycles. The molecule has 1 aliphatic heterocycles. The molecule has 0 bridgehead atoms. The summed E-state index contributed by atoms with van der Waals surface area (Å²) in [4.78, 5) is 15.2. The number of carbonyl (C=O) groups is 1. The average Bonchev–Trinajstić information content (AvgIpc) is 3.39. The molecule has 0 radical (unpaired) electrons. The quantitative estimate of drug-likeness (QED) is 0.714. The molecule has 152 valence electrons. The van der Waals surface area contributed by atoms with E-state index in [1.807, 2.05) is 23.1 Å². The molecule has 1 aromatic carbocycles. The molecule has 3 heterocycles. The molecule has 0 fully saturated rings. The van der Waals surface area contributed by atoms with E-state index >= 15 is 0 Å². The number of fused-ring (bicyclic) bond motifs is 1. The molecular formula is C22H26N4O3. The van der Waals surface area contributed by atoms with Gasteiger partial charge in [-0.25, -0.2) is 0 Å². The van der Waals surface area contributed by atoms with Crippen molar-refractivity contribution in [2.24, 2.45) is 0 Å². The van der Waals surface area contributed by atoms with Crippen LogP contribution in [-0.2, 0) is 6.54 Å². The summed E-state index contributed by atoms with van der Waals surface area (Å²) in [6, 6.07) is 11.6. The van der Waals surface area contributed by atoms with Crippen molar-refractivity contribution in [3.8, 4) is 22.8 Å². The van der Waals surface area contributed by atoms with Gasteiger partial charge in [0, 0.05) is 30.0 Å². The van der Waals surface area contributed by atoms with E-state index in [2.05, 4.69) is 40.7 Å². The van der Waals surface area contributed by atoms with Crippen molar-refractivity contribution in [2.45, 2.75) is 32.9 Å². The molecule has 1 aliphatic rings. The van der Waals surface area contributed by atoms with Crippen molar-refractivity contribution in [1.29, 1.82) is 0 Å². The van der Waals surface area contributed by atoms with E-state index in [0.717, 1.165) is 18.5 Å². The molecular weight excluding hydrogens is 368 g/mol. The van der Waals surface area contributed by atoms with E-state index in [0.29, 0.717) is 29.4 Å². The second kappa shape index (κ2) is 7.66. The number of carbonyl (C=O) groups excluding carboxylic acids is 1. The summed E-state index contributed by atoms with van der Waals surface area (Å²) in [5.41, 5.74) is 4.32. The second-order valence-corrected chi connectivity index (χ2v) is 7.21. The molecule has 2 aromatic heterocycles. The highest BCUT2D eigenvalue weighted by Gasteiger charge is 2.32. The number of rotatable bonds is 5. The SMILES string of the molecule is CC[C@@H]1c2ccc(C)n2CCN1C(=O)c1cc(-c2cc(OC)ccc2OC)n[nH]1. The second-order valence-electron chi connectivity index (χ2n) is 7.21. The minimum atomic E-state index is -0.0393. The number of methoxy groups -OCH3 is 2. The number of ether oxygens (including phenoxy) is 2. The van der Waals surface area contributed by atoms with Crippen LogP contribution in [0.2, 0.25) is 0 Å². The zero-order valence-electron chi connectivity index (χ0n) is 17.2. The largest absolute Gasteiger partial charge is 0.497 e. The van der Waals surface area contributed by atoms with Gasteiger partial charge in [-0.1, -0.05) is 6.92 Å². The van der Waals surface area contributed by atoms with Crippen LogP contribution in [0.15, 0.2) is 36.4 Å². The molecule has 7 nitrogen and oxygen atoms in total. The summed E-state index contributed by atoms with van der Waals surface area (Å²) in [6.07, 6.45) is 0.861. The van der Waals surface area contributed by atoms with E-state index in [1.54, 1.807) is 20.3 Å². The lowest BCUT2D eigenvalue weighted by Crippen LogP contribution is -2.42. The van der Waals surface area contributed by atoms with Crippen LogP contribution in [0.3, 0.4) is 0 Å². The van der Waals surface area contributed by atoms with Crippen molar-refractivity contribution < 1.29 is 14.3 Å². The zero-order valence-corrected chi connectivity index (χ0v) is 17.2. The molecule has 4 rings (SSSR count). The molecule has 1 amide bonds. The van der Waals surface area contributed by atoms with Gasteiger partial charge in [0.1, 0.15) is 17.2 Å². The number of hydrogen-bond donors (Lipinski definition) is 1. The lowest BCUT2D eigenvalue weighted by Gasteiger charge is -2.36. The third-order valence-electron chi connectivity index (χ3n) is 5.65. The van der Waals surface area contributed by atoms with Crippen molar-refractivity contribution in [1.82, 2.24) is 19.7 Å². The first kappa shape index (κ1) is 19.1. The number of aryl methyl sites for hydroxylation is 1. The van der Waals surface area contributed by atoms with Crippen LogP contribution in [0.25, 0.3) is 11.3 Å². The standard InChI is InChI=1S/C22H26N4O3/c1-5-19-20-8-6-14(2)25(20)10-11-26(19)22(27)18-13-17(23-24-18)16-12-15(28-3)7-9-21(16)29-4/h6-9,12-13,19H,5,10-11H2,1-4H3,(H,23,24)/t19-/m1/s1. The lowest BCUT2D eigenvalue weighted by molar-refractivity contribution is 0.0610. The van der Waals surface area contributed by atoms with Gasteiger partial charge in [-0.3, -0.25) is 9.89 Å². The predicted molar refractivity (Wildman–Crippen MR) is 110 cm³/mol.